The van der Waals surface area contributed by atoms with Gasteiger partial charge < -0.3 is 19.7 Å². The molecule has 1 heterocycles. The Morgan fingerprint density at radius 2 is 1.55 bits per heavy atom. The summed E-state index contributed by atoms with van der Waals surface area (Å²) in [5.74, 6) is 0.565. The summed E-state index contributed by atoms with van der Waals surface area (Å²) in [5, 5.41) is 2.90. The van der Waals surface area contributed by atoms with Crippen molar-refractivity contribution >= 4 is 17.6 Å². The second-order valence-corrected chi connectivity index (χ2v) is 8.35. The first-order valence-corrected chi connectivity index (χ1v) is 10.2. The Hall–Kier alpha value is -2.76. The number of carbonyl (C=O) groups is 2. The van der Waals surface area contributed by atoms with Gasteiger partial charge in [0.2, 0.25) is 5.91 Å². The third-order valence-corrected chi connectivity index (χ3v) is 4.57. The van der Waals surface area contributed by atoms with Gasteiger partial charge in [-0.3, -0.25) is 4.79 Å². The van der Waals surface area contributed by atoms with Crippen molar-refractivity contribution in [3.05, 3.63) is 54.4 Å². The van der Waals surface area contributed by atoms with Crippen LogP contribution < -0.4 is 5.32 Å². The molecule has 0 atom stereocenters. The fourth-order valence-electron chi connectivity index (χ4n) is 3.20. The predicted molar refractivity (Wildman–Crippen MR) is 118 cm³/mol. The lowest BCUT2D eigenvalue weighted by Gasteiger charge is -2.30. The van der Waals surface area contributed by atoms with Gasteiger partial charge in [-0.1, -0.05) is 45.9 Å². The van der Waals surface area contributed by atoms with Crippen LogP contribution in [0.5, 0.6) is 0 Å². The monoisotopic (exact) mass is 398 g/mol. The van der Waals surface area contributed by atoms with Gasteiger partial charge in [-0.2, -0.15) is 0 Å². The van der Waals surface area contributed by atoms with Crippen molar-refractivity contribution in [2.24, 2.45) is 18.9 Å². The third-order valence-electron chi connectivity index (χ3n) is 4.57. The minimum absolute atomic E-state index is 0.0382. The molecule has 0 fully saturated rings. The first kappa shape index (κ1) is 22.5. The number of hydrogen-bond acceptors (Lipinski definition) is 2. The maximum atomic E-state index is 13.2. The molecule has 158 valence electrons. The van der Waals surface area contributed by atoms with E-state index in [1.807, 2.05) is 79.0 Å². The second kappa shape index (κ2) is 10.7. The van der Waals surface area contributed by atoms with Crippen LogP contribution in [0.1, 0.15) is 33.4 Å². The molecule has 0 saturated heterocycles. The number of carbonyl (C=O) groups excluding carboxylic acids is 2. The van der Waals surface area contributed by atoms with Crippen molar-refractivity contribution in [3.63, 3.8) is 0 Å². The summed E-state index contributed by atoms with van der Waals surface area (Å²) in [7, 11) is 1.98. The topological polar surface area (TPSA) is 57.6 Å². The van der Waals surface area contributed by atoms with Crippen LogP contribution in [-0.4, -0.2) is 45.9 Å². The Labute approximate surface area is 174 Å². The zero-order chi connectivity index (χ0) is 21.4. The summed E-state index contributed by atoms with van der Waals surface area (Å²) in [6.45, 7) is 10.1. The van der Waals surface area contributed by atoms with Crippen LogP contribution in [0.4, 0.5) is 10.5 Å². The molecule has 6 heteroatoms. The van der Waals surface area contributed by atoms with E-state index in [0.29, 0.717) is 25.6 Å². The molecule has 2 rings (SSSR count). The maximum absolute atomic E-state index is 13.2. The Morgan fingerprint density at radius 1 is 0.931 bits per heavy atom. The molecule has 1 N–H and O–H groups in total. The molecule has 1 aromatic heterocycles. The first-order valence-electron chi connectivity index (χ1n) is 10.2. The van der Waals surface area contributed by atoms with E-state index in [1.54, 1.807) is 4.90 Å². The molecule has 0 unspecified atom stereocenters. The van der Waals surface area contributed by atoms with Gasteiger partial charge in [0.25, 0.3) is 0 Å². The summed E-state index contributed by atoms with van der Waals surface area (Å²) in [4.78, 5) is 29.5. The van der Waals surface area contributed by atoms with Crippen LogP contribution in [0.25, 0.3) is 0 Å². The van der Waals surface area contributed by atoms with Crippen molar-refractivity contribution in [1.82, 2.24) is 14.4 Å². The lowest BCUT2D eigenvalue weighted by molar-refractivity contribution is -0.133. The van der Waals surface area contributed by atoms with Crippen LogP contribution in [0.15, 0.2) is 48.7 Å². The molecule has 0 radical (unpaired) electrons. The molecule has 0 saturated carbocycles. The van der Waals surface area contributed by atoms with Crippen LogP contribution >= 0.6 is 0 Å². The number of rotatable bonds is 9. The normalized spacial score (nSPS) is 11.0. The van der Waals surface area contributed by atoms with Crippen molar-refractivity contribution in [3.8, 4) is 0 Å². The zero-order valence-electron chi connectivity index (χ0n) is 18.3. The summed E-state index contributed by atoms with van der Waals surface area (Å²) in [6, 6.07) is 13.1. The highest BCUT2D eigenvalue weighted by Gasteiger charge is 2.23. The molecule has 3 amide bonds. The maximum Gasteiger partial charge on any atom is 0.322 e. The fraction of sp³-hybridized carbons (Fsp3) is 0.478. The Kier molecular flexibility index (Phi) is 8.31. The van der Waals surface area contributed by atoms with Crippen molar-refractivity contribution in [2.75, 3.05) is 25.0 Å². The number of nitrogens with one attached hydrogen (secondary N) is 1. The predicted octanol–water partition coefficient (Wildman–Crippen LogP) is 4.20. The molecule has 29 heavy (non-hydrogen) atoms. The van der Waals surface area contributed by atoms with E-state index < -0.39 is 0 Å². The Bertz CT molecular complexity index is 783. The smallest absolute Gasteiger partial charge is 0.322 e. The summed E-state index contributed by atoms with van der Waals surface area (Å²) in [5.41, 5.74) is 1.80. The van der Waals surface area contributed by atoms with Gasteiger partial charge in [0.1, 0.15) is 6.54 Å². The van der Waals surface area contributed by atoms with Crippen molar-refractivity contribution < 1.29 is 9.59 Å². The van der Waals surface area contributed by atoms with E-state index in [1.165, 1.54) is 0 Å². The first-order chi connectivity index (χ1) is 13.8. The average molecular weight is 399 g/mol. The molecular formula is C23H34N4O2. The molecule has 0 bridgehead atoms. The molecule has 1 aromatic carbocycles. The van der Waals surface area contributed by atoms with E-state index in [4.69, 9.17) is 0 Å². The summed E-state index contributed by atoms with van der Waals surface area (Å²) < 4.78 is 2.02. The molecule has 2 aromatic rings. The summed E-state index contributed by atoms with van der Waals surface area (Å²) >= 11 is 0. The zero-order valence-corrected chi connectivity index (χ0v) is 18.3. The van der Waals surface area contributed by atoms with Gasteiger partial charge in [-0.15, -0.1) is 0 Å². The molecule has 0 aliphatic carbocycles. The number of benzene rings is 1. The molecule has 0 aliphatic heterocycles. The summed E-state index contributed by atoms with van der Waals surface area (Å²) in [6.07, 6.45) is 1.98. The Morgan fingerprint density at radius 3 is 2.10 bits per heavy atom. The number of amides is 3. The second-order valence-electron chi connectivity index (χ2n) is 8.35. The van der Waals surface area contributed by atoms with Crippen LogP contribution in [0, 0.1) is 11.8 Å². The van der Waals surface area contributed by atoms with E-state index in [9.17, 15) is 9.59 Å². The third kappa shape index (κ3) is 7.29. The standard InChI is InChI=1S/C23H34N4O2/c1-18(2)14-26(16-21-12-9-13-25(21)5)22(28)17-27(15-19(3)4)23(29)24-20-10-7-6-8-11-20/h6-13,18-19H,14-17H2,1-5H3,(H,24,29). The van der Waals surface area contributed by atoms with Gasteiger partial charge in [-0.25, -0.2) is 4.79 Å². The van der Waals surface area contributed by atoms with E-state index in [2.05, 4.69) is 19.2 Å². The minimum atomic E-state index is -0.249. The number of aryl methyl sites for hydroxylation is 1. The molecule has 0 spiro atoms. The van der Waals surface area contributed by atoms with Gasteiger partial charge in [0.15, 0.2) is 0 Å². The van der Waals surface area contributed by atoms with Crippen molar-refractivity contribution in [2.45, 2.75) is 34.2 Å². The van der Waals surface area contributed by atoms with Crippen LogP contribution in [0.2, 0.25) is 0 Å². The molecule has 0 aliphatic rings. The average Bonchev–Trinajstić information content (AvgIpc) is 3.05. The number of nitrogens with zero attached hydrogens (tertiary/aromatic N) is 3. The number of hydrogen-bond donors (Lipinski definition) is 1. The van der Waals surface area contributed by atoms with Gasteiger partial charge in [-0.05, 0) is 36.1 Å². The lowest BCUT2D eigenvalue weighted by atomic mass is 10.2. The highest BCUT2D eigenvalue weighted by Crippen LogP contribution is 2.12. The van der Waals surface area contributed by atoms with Crippen molar-refractivity contribution in [1.29, 1.82) is 0 Å². The van der Waals surface area contributed by atoms with Crippen LogP contribution in [-0.2, 0) is 18.4 Å². The quantitative estimate of drug-likeness (QED) is 0.688. The number of anilines is 1. The van der Waals surface area contributed by atoms with E-state index in [-0.39, 0.29) is 24.4 Å². The lowest BCUT2D eigenvalue weighted by Crippen LogP contribution is -2.46. The number of para-hydroxylation sites is 1. The minimum Gasteiger partial charge on any atom is -0.353 e. The Balaban J connectivity index is 2.12. The van der Waals surface area contributed by atoms with Gasteiger partial charge >= 0.3 is 6.03 Å². The van der Waals surface area contributed by atoms with Gasteiger partial charge in [0, 0.05) is 37.7 Å². The fourth-order valence-corrected chi connectivity index (χ4v) is 3.20. The van der Waals surface area contributed by atoms with Crippen LogP contribution in [0.3, 0.4) is 0 Å². The van der Waals surface area contributed by atoms with E-state index in [0.717, 1.165) is 11.4 Å². The highest BCUT2D eigenvalue weighted by molar-refractivity contribution is 5.92. The highest BCUT2D eigenvalue weighted by atomic mass is 16.2. The largest absolute Gasteiger partial charge is 0.353 e. The number of aromatic nitrogens is 1. The molecular weight excluding hydrogens is 364 g/mol. The number of urea groups is 1. The van der Waals surface area contributed by atoms with E-state index >= 15 is 0 Å². The molecule has 6 nitrogen and oxygen atoms in total. The SMILES string of the molecule is CC(C)CN(Cc1cccn1C)C(=O)CN(CC(C)C)C(=O)Nc1ccccc1. The van der Waals surface area contributed by atoms with Gasteiger partial charge in [0.05, 0.1) is 6.54 Å².